The Morgan fingerprint density at radius 2 is 1.71 bits per heavy atom. The lowest BCUT2D eigenvalue weighted by Gasteiger charge is -2.11. The van der Waals surface area contributed by atoms with Crippen LogP contribution in [0.4, 0.5) is 10.5 Å². The van der Waals surface area contributed by atoms with Crippen LogP contribution in [0.2, 0.25) is 10.0 Å². The molecule has 128 valence electrons. The molecule has 2 aromatic rings. The highest BCUT2D eigenvalue weighted by atomic mass is 35.5. The van der Waals surface area contributed by atoms with Gasteiger partial charge in [0.2, 0.25) is 0 Å². The van der Waals surface area contributed by atoms with Gasteiger partial charge in [-0.2, -0.15) is 0 Å². The number of anilines is 1. The molecule has 0 spiro atoms. The molecule has 9 heteroatoms. The number of rotatable bonds is 4. The molecule has 0 radical (unpaired) electrons. The van der Waals surface area contributed by atoms with Crippen molar-refractivity contribution in [2.24, 2.45) is 0 Å². The van der Waals surface area contributed by atoms with Crippen LogP contribution in [0.5, 0.6) is 0 Å². The maximum absolute atomic E-state index is 12.4. The van der Waals surface area contributed by atoms with Crippen molar-refractivity contribution in [1.29, 1.82) is 0 Å². The first-order chi connectivity index (χ1) is 11.2. The second-order valence-corrected chi connectivity index (χ2v) is 8.58. The molecule has 5 nitrogen and oxygen atoms in total. The van der Waals surface area contributed by atoms with Crippen LogP contribution in [0.15, 0.2) is 52.3 Å². The molecular weight excluding hydrogens is 391 g/mol. The van der Waals surface area contributed by atoms with Crippen LogP contribution in [0.25, 0.3) is 0 Å². The highest BCUT2D eigenvalue weighted by molar-refractivity contribution is 8.13. The van der Waals surface area contributed by atoms with Gasteiger partial charge in [-0.15, -0.1) is 0 Å². The van der Waals surface area contributed by atoms with E-state index in [-0.39, 0.29) is 20.2 Å². The van der Waals surface area contributed by atoms with Gasteiger partial charge in [0.15, 0.2) is 0 Å². The summed E-state index contributed by atoms with van der Waals surface area (Å²) in [6.07, 6.45) is 0. The SMILES string of the molecule is CN(C)C(=O)Sc1cccc(NS(=O)(=O)c2cc(Cl)cc(Cl)c2)c1. The molecule has 0 fully saturated rings. The van der Waals surface area contributed by atoms with Crippen molar-refractivity contribution in [2.45, 2.75) is 9.79 Å². The quantitative estimate of drug-likeness (QED) is 0.757. The summed E-state index contributed by atoms with van der Waals surface area (Å²) in [5.41, 5.74) is 0.336. The van der Waals surface area contributed by atoms with E-state index in [1.165, 1.54) is 23.1 Å². The predicted molar refractivity (Wildman–Crippen MR) is 98.7 cm³/mol. The fourth-order valence-electron chi connectivity index (χ4n) is 1.71. The summed E-state index contributed by atoms with van der Waals surface area (Å²) in [6, 6.07) is 10.6. The molecular formula is C15H14Cl2N2O3S2. The average molecular weight is 405 g/mol. The van der Waals surface area contributed by atoms with Crippen molar-refractivity contribution in [3.63, 3.8) is 0 Å². The number of amides is 1. The molecule has 2 rings (SSSR count). The molecule has 0 saturated heterocycles. The number of carbonyl (C=O) groups excluding carboxylic acids is 1. The van der Waals surface area contributed by atoms with Crippen LogP contribution in [-0.4, -0.2) is 32.7 Å². The molecule has 0 aliphatic heterocycles. The van der Waals surface area contributed by atoms with E-state index in [9.17, 15) is 13.2 Å². The zero-order chi connectivity index (χ0) is 17.9. The van der Waals surface area contributed by atoms with Crippen LogP contribution < -0.4 is 4.72 Å². The van der Waals surface area contributed by atoms with E-state index in [0.717, 1.165) is 11.8 Å². The molecule has 0 atom stereocenters. The summed E-state index contributed by atoms with van der Waals surface area (Å²) in [5.74, 6) is 0. The third-order valence-corrected chi connectivity index (χ3v) is 5.63. The van der Waals surface area contributed by atoms with E-state index < -0.39 is 10.0 Å². The first kappa shape index (κ1) is 18.9. The summed E-state index contributed by atoms with van der Waals surface area (Å²) in [5, 5.41) is 0.296. The van der Waals surface area contributed by atoms with Crippen molar-refractivity contribution in [2.75, 3.05) is 18.8 Å². The lowest BCUT2D eigenvalue weighted by molar-refractivity contribution is 0.241. The smallest absolute Gasteiger partial charge is 0.285 e. The second kappa shape index (κ2) is 7.65. The number of nitrogens with one attached hydrogen (secondary N) is 1. The Balaban J connectivity index is 2.25. The van der Waals surface area contributed by atoms with E-state index in [1.54, 1.807) is 38.4 Å². The molecule has 0 aromatic heterocycles. The van der Waals surface area contributed by atoms with Gasteiger partial charge in [0.05, 0.1) is 4.90 Å². The van der Waals surface area contributed by atoms with Crippen LogP contribution >= 0.6 is 35.0 Å². The highest BCUT2D eigenvalue weighted by Gasteiger charge is 2.16. The average Bonchev–Trinajstić information content (AvgIpc) is 2.46. The number of hydrogen-bond donors (Lipinski definition) is 1. The van der Waals surface area contributed by atoms with Gasteiger partial charge in [-0.05, 0) is 48.2 Å². The Morgan fingerprint density at radius 3 is 2.29 bits per heavy atom. The van der Waals surface area contributed by atoms with Crippen LogP contribution in [-0.2, 0) is 10.0 Å². The lowest BCUT2D eigenvalue weighted by Crippen LogP contribution is -2.16. The highest BCUT2D eigenvalue weighted by Crippen LogP contribution is 2.27. The van der Waals surface area contributed by atoms with Gasteiger partial charge >= 0.3 is 0 Å². The number of nitrogens with zero attached hydrogens (tertiary/aromatic N) is 1. The third kappa shape index (κ3) is 5.04. The molecule has 1 N–H and O–H groups in total. The molecule has 0 bridgehead atoms. The summed E-state index contributed by atoms with van der Waals surface area (Å²) >= 11 is 12.7. The van der Waals surface area contributed by atoms with Crippen molar-refractivity contribution in [3.8, 4) is 0 Å². The van der Waals surface area contributed by atoms with Crippen molar-refractivity contribution in [3.05, 3.63) is 52.5 Å². The number of hydrogen-bond acceptors (Lipinski definition) is 4. The van der Waals surface area contributed by atoms with Gasteiger partial charge in [-0.25, -0.2) is 8.42 Å². The standard InChI is InChI=1S/C15H14Cl2N2O3S2/c1-19(2)15(20)23-13-5-3-4-12(9-13)18-24(21,22)14-7-10(16)6-11(17)8-14/h3-9,18H,1-2H3. The molecule has 0 unspecified atom stereocenters. The molecule has 0 heterocycles. The second-order valence-electron chi connectivity index (χ2n) is 5.00. The van der Waals surface area contributed by atoms with Crippen molar-refractivity contribution in [1.82, 2.24) is 4.90 Å². The summed E-state index contributed by atoms with van der Waals surface area (Å²) in [4.78, 5) is 13.7. The van der Waals surface area contributed by atoms with E-state index >= 15 is 0 Å². The molecule has 2 aromatic carbocycles. The van der Waals surface area contributed by atoms with Crippen LogP contribution in [0.3, 0.4) is 0 Å². The van der Waals surface area contributed by atoms with E-state index in [2.05, 4.69) is 4.72 Å². The lowest BCUT2D eigenvalue weighted by atomic mass is 10.3. The normalized spacial score (nSPS) is 11.2. The predicted octanol–water partition coefficient (Wildman–Crippen LogP) is 4.57. The summed E-state index contributed by atoms with van der Waals surface area (Å²) < 4.78 is 27.3. The van der Waals surface area contributed by atoms with Gasteiger partial charge in [-0.1, -0.05) is 29.3 Å². The Bertz CT molecular complexity index is 851. The van der Waals surface area contributed by atoms with Gasteiger partial charge in [0.1, 0.15) is 0 Å². The summed E-state index contributed by atoms with van der Waals surface area (Å²) in [6.45, 7) is 0. The minimum absolute atomic E-state index is 0.0394. The number of halogens is 2. The zero-order valence-corrected chi connectivity index (χ0v) is 15.9. The summed E-state index contributed by atoms with van der Waals surface area (Å²) in [7, 11) is -0.556. The number of carbonyl (C=O) groups is 1. The maximum atomic E-state index is 12.4. The molecule has 24 heavy (non-hydrogen) atoms. The maximum Gasteiger partial charge on any atom is 0.285 e. The van der Waals surface area contributed by atoms with Gasteiger partial charge in [0.25, 0.3) is 15.3 Å². The number of benzene rings is 2. The topological polar surface area (TPSA) is 66.5 Å². The molecule has 0 saturated carbocycles. The third-order valence-electron chi connectivity index (χ3n) is 2.80. The Hall–Kier alpha value is -1.41. The first-order valence-electron chi connectivity index (χ1n) is 6.65. The number of thioether (sulfide) groups is 1. The Morgan fingerprint density at radius 1 is 1.08 bits per heavy atom. The number of sulfonamides is 1. The van der Waals surface area contributed by atoms with Gasteiger partial charge < -0.3 is 4.90 Å². The van der Waals surface area contributed by atoms with Gasteiger partial charge in [-0.3, -0.25) is 9.52 Å². The largest absolute Gasteiger partial charge is 0.339 e. The Labute approximate surface area is 155 Å². The van der Waals surface area contributed by atoms with E-state index in [0.29, 0.717) is 10.6 Å². The monoisotopic (exact) mass is 404 g/mol. The molecule has 0 aliphatic carbocycles. The Kier molecular flexibility index (Phi) is 6.03. The minimum atomic E-state index is -3.84. The fourth-order valence-corrected chi connectivity index (χ4v) is 4.20. The van der Waals surface area contributed by atoms with E-state index in [4.69, 9.17) is 23.2 Å². The zero-order valence-electron chi connectivity index (χ0n) is 12.8. The van der Waals surface area contributed by atoms with Crippen LogP contribution in [0, 0.1) is 0 Å². The van der Waals surface area contributed by atoms with E-state index in [1.807, 2.05) is 0 Å². The minimum Gasteiger partial charge on any atom is -0.339 e. The first-order valence-corrected chi connectivity index (χ1v) is 9.71. The van der Waals surface area contributed by atoms with Crippen LogP contribution in [0.1, 0.15) is 0 Å². The molecule has 0 aliphatic rings. The van der Waals surface area contributed by atoms with Crippen molar-refractivity contribution >= 4 is 55.9 Å². The van der Waals surface area contributed by atoms with Crippen molar-refractivity contribution < 1.29 is 13.2 Å². The van der Waals surface area contributed by atoms with Gasteiger partial charge in [0, 0.05) is 34.7 Å². The molecule has 1 amide bonds. The fraction of sp³-hybridized carbons (Fsp3) is 0.133.